The van der Waals surface area contributed by atoms with Crippen LogP contribution in [-0.4, -0.2) is 32.2 Å². The predicted molar refractivity (Wildman–Crippen MR) is 92.5 cm³/mol. The van der Waals surface area contributed by atoms with E-state index < -0.39 is 0 Å². The van der Waals surface area contributed by atoms with Gasteiger partial charge in [-0.15, -0.1) is 0 Å². The summed E-state index contributed by atoms with van der Waals surface area (Å²) in [6, 6.07) is 8.33. The summed E-state index contributed by atoms with van der Waals surface area (Å²) in [6.07, 6.45) is 7.49. The lowest BCUT2D eigenvalue weighted by Crippen LogP contribution is -2.37. The highest BCUT2D eigenvalue weighted by Gasteiger charge is 2.15. The van der Waals surface area contributed by atoms with Gasteiger partial charge in [0.25, 0.3) is 0 Å². The Morgan fingerprint density at radius 1 is 1.17 bits per heavy atom. The van der Waals surface area contributed by atoms with Crippen LogP contribution in [0.1, 0.15) is 37.7 Å². The zero-order chi connectivity index (χ0) is 15.9. The van der Waals surface area contributed by atoms with E-state index >= 15 is 0 Å². The quantitative estimate of drug-likeness (QED) is 0.850. The third-order valence-corrected chi connectivity index (χ3v) is 4.59. The van der Waals surface area contributed by atoms with Crippen molar-refractivity contribution in [2.75, 3.05) is 31.2 Å². The number of carbonyl (C=O) groups is 1. The molecule has 1 amide bonds. The largest absolute Gasteiger partial charge is 0.378 e. The van der Waals surface area contributed by atoms with Gasteiger partial charge in [-0.05, 0) is 37.3 Å². The van der Waals surface area contributed by atoms with Crippen molar-refractivity contribution in [3.63, 3.8) is 0 Å². The topological polar surface area (TPSA) is 41.6 Å². The second kappa shape index (κ2) is 8.16. The van der Waals surface area contributed by atoms with E-state index in [9.17, 15) is 4.79 Å². The van der Waals surface area contributed by atoms with E-state index in [4.69, 9.17) is 4.74 Å². The number of nitrogens with one attached hydrogen (secondary N) is 1. The Morgan fingerprint density at radius 3 is 2.78 bits per heavy atom. The van der Waals surface area contributed by atoms with Gasteiger partial charge in [0.05, 0.1) is 13.2 Å². The van der Waals surface area contributed by atoms with Crippen LogP contribution in [0.5, 0.6) is 0 Å². The zero-order valence-electron chi connectivity index (χ0n) is 13.7. The molecule has 1 saturated heterocycles. The Hall–Kier alpha value is -1.81. The van der Waals surface area contributed by atoms with Crippen molar-refractivity contribution in [3.05, 3.63) is 41.5 Å². The number of hydrogen-bond acceptors (Lipinski definition) is 3. The third-order valence-electron chi connectivity index (χ3n) is 4.59. The van der Waals surface area contributed by atoms with Crippen molar-refractivity contribution in [1.29, 1.82) is 0 Å². The molecule has 0 spiro atoms. The highest BCUT2D eigenvalue weighted by molar-refractivity contribution is 5.78. The van der Waals surface area contributed by atoms with Crippen molar-refractivity contribution >= 4 is 11.6 Å². The van der Waals surface area contributed by atoms with Crippen LogP contribution in [0.25, 0.3) is 0 Å². The first-order valence-electron chi connectivity index (χ1n) is 8.68. The monoisotopic (exact) mass is 314 g/mol. The average Bonchev–Trinajstić information content (AvgIpc) is 2.62. The maximum Gasteiger partial charge on any atom is 0.224 e. The summed E-state index contributed by atoms with van der Waals surface area (Å²) < 4.78 is 5.43. The zero-order valence-corrected chi connectivity index (χ0v) is 13.7. The van der Waals surface area contributed by atoms with Gasteiger partial charge in [0.1, 0.15) is 0 Å². The highest BCUT2D eigenvalue weighted by atomic mass is 16.5. The molecule has 1 N–H and O–H groups in total. The Morgan fingerprint density at radius 2 is 2.00 bits per heavy atom. The van der Waals surface area contributed by atoms with Gasteiger partial charge in [-0.2, -0.15) is 0 Å². The van der Waals surface area contributed by atoms with E-state index in [-0.39, 0.29) is 5.91 Å². The smallest absolute Gasteiger partial charge is 0.224 e. The lowest BCUT2D eigenvalue weighted by Gasteiger charge is -2.30. The molecule has 1 aromatic carbocycles. The van der Waals surface area contributed by atoms with E-state index in [1.54, 1.807) is 0 Å². The van der Waals surface area contributed by atoms with Gasteiger partial charge in [-0.25, -0.2) is 0 Å². The number of ether oxygens (including phenoxy) is 1. The van der Waals surface area contributed by atoms with Gasteiger partial charge >= 0.3 is 0 Å². The van der Waals surface area contributed by atoms with Crippen LogP contribution in [0.3, 0.4) is 0 Å². The molecule has 1 aliphatic heterocycles. The van der Waals surface area contributed by atoms with Gasteiger partial charge in [0.15, 0.2) is 0 Å². The van der Waals surface area contributed by atoms with Crippen LogP contribution in [0, 0.1) is 0 Å². The lowest BCUT2D eigenvalue weighted by atomic mass is 9.97. The summed E-state index contributed by atoms with van der Waals surface area (Å²) in [5, 5.41) is 3.09. The number of amides is 1. The number of allylic oxidation sites excluding steroid dienone is 1. The van der Waals surface area contributed by atoms with Gasteiger partial charge in [-0.3, -0.25) is 4.79 Å². The van der Waals surface area contributed by atoms with Gasteiger partial charge in [0, 0.05) is 31.7 Å². The van der Waals surface area contributed by atoms with Crippen LogP contribution in [0.2, 0.25) is 0 Å². The first-order chi connectivity index (χ1) is 11.3. The molecule has 0 unspecified atom stereocenters. The molecule has 1 heterocycles. The number of morpholine rings is 1. The third kappa shape index (κ3) is 4.58. The van der Waals surface area contributed by atoms with Crippen LogP contribution < -0.4 is 10.2 Å². The van der Waals surface area contributed by atoms with E-state index in [1.165, 1.54) is 29.7 Å². The summed E-state index contributed by atoms with van der Waals surface area (Å²) in [7, 11) is 0. The predicted octanol–water partition coefficient (Wildman–Crippen LogP) is 3.03. The van der Waals surface area contributed by atoms with Crippen molar-refractivity contribution in [1.82, 2.24) is 5.32 Å². The second-order valence-corrected chi connectivity index (χ2v) is 6.29. The number of para-hydroxylation sites is 1. The summed E-state index contributed by atoms with van der Waals surface area (Å²) >= 11 is 0. The molecule has 1 aromatic rings. The molecule has 0 bridgehead atoms. The molecule has 0 aromatic heterocycles. The van der Waals surface area contributed by atoms with E-state index in [0.717, 1.165) is 39.1 Å². The SMILES string of the molecule is O=C(CC1=CCCCC1)NCc1ccccc1N1CCOCC1. The summed E-state index contributed by atoms with van der Waals surface area (Å²) in [6.45, 7) is 3.97. The number of rotatable bonds is 5. The molecular formula is C19H26N2O2. The molecule has 0 radical (unpaired) electrons. The van der Waals surface area contributed by atoms with Crippen LogP contribution in [0.15, 0.2) is 35.9 Å². The van der Waals surface area contributed by atoms with Crippen molar-refractivity contribution in [2.45, 2.75) is 38.6 Å². The maximum atomic E-state index is 12.2. The van der Waals surface area contributed by atoms with Crippen molar-refractivity contribution in [3.8, 4) is 0 Å². The fraction of sp³-hybridized carbons (Fsp3) is 0.526. The average molecular weight is 314 g/mol. The van der Waals surface area contributed by atoms with Crippen molar-refractivity contribution < 1.29 is 9.53 Å². The van der Waals surface area contributed by atoms with Crippen LogP contribution in [-0.2, 0) is 16.1 Å². The second-order valence-electron chi connectivity index (χ2n) is 6.29. The minimum absolute atomic E-state index is 0.134. The first kappa shape index (κ1) is 16.1. The maximum absolute atomic E-state index is 12.2. The number of benzene rings is 1. The normalized spacial score (nSPS) is 18.4. The summed E-state index contributed by atoms with van der Waals surface area (Å²) in [5.41, 5.74) is 3.70. The molecule has 23 heavy (non-hydrogen) atoms. The highest BCUT2D eigenvalue weighted by Crippen LogP contribution is 2.22. The fourth-order valence-electron chi connectivity index (χ4n) is 3.30. The van der Waals surface area contributed by atoms with Crippen molar-refractivity contribution in [2.24, 2.45) is 0 Å². The molecule has 1 aliphatic carbocycles. The summed E-state index contributed by atoms with van der Waals surface area (Å²) in [5.74, 6) is 0.134. The lowest BCUT2D eigenvalue weighted by molar-refractivity contribution is -0.120. The van der Waals surface area contributed by atoms with E-state index in [2.05, 4.69) is 34.5 Å². The number of nitrogens with zero attached hydrogens (tertiary/aromatic N) is 1. The minimum atomic E-state index is 0.134. The van der Waals surface area contributed by atoms with E-state index in [1.807, 2.05) is 6.07 Å². The standard InChI is InChI=1S/C19H26N2O2/c22-19(14-16-6-2-1-3-7-16)20-15-17-8-4-5-9-18(17)21-10-12-23-13-11-21/h4-6,8-9H,1-3,7,10-15H2,(H,20,22). The Kier molecular flexibility index (Phi) is 5.70. The molecule has 4 nitrogen and oxygen atoms in total. The Labute approximate surface area is 138 Å². The number of anilines is 1. The fourth-order valence-corrected chi connectivity index (χ4v) is 3.30. The number of hydrogen-bond donors (Lipinski definition) is 1. The van der Waals surface area contributed by atoms with E-state index in [0.29, 0.717) is 13.0 Å². The Balaban J connectivity index is 1.57. The minimum Gasteiger partial charge on any atom is -0.378 e. The van der Waals surface area contributed by atoms with Crippen LogP contribution >= 0.6 is 0 Å². The molecule has 1 fully saturated rings. The van der Waals surface area contributed by atoms with Gasteiger partial charge in [-0.1, -0.05) is 29.8 Å². The van der Waals surface area contributed by atoms with Crippen LogP contribution in [0.4, 0.5) is 5.69 Å². The van der Waals surface area contributed by atoms with Gasteiger partial charge < -0.3 is 15.0 Å². The van der Waals surface area contributed by atoms with Gasteiger partial charge in [0.2, 0.25) is 5.91 Å². The molecule has 0 atom stereocenters. The molecular weight excluding hydrogens is 288 g/mol. The summed E-state index contributed by atoms with van der Waals surface area (Å²) in [4.78, 5) is 14.5. The first-order valence-corrected chi connectivity index (χ1v) is 8.68. The molecule has 124 valence electrons. The molecule has 4 heteroatoms. The molecule has 3 rings (SSSR count). The Bertz CT molecular complexity index is 562. The number of carbonyl (C=O) groups excluding carboxylic acids is 1. The molecule has 0 saturated carbocycles. The molecule has 2 aliphatic rings.